The topological polar surface area (TPSA) is 66.4 Å². The average molecular weight is 354 g/mol. The predicted octanol–water partition coefficient (Wildman–Crippen LogP) is 3.45. The van der Waals surface area contributed by atoms with E-state index in [1.165, 1.54) is 6.42 Å². The van der Waals surface area contributed by atoms with Crippen molar-refractivity contribution in [1.29, 1.82) is 0 Å². The highest BCUT2D eigenvalue weighted by Gasteiger charge is 2.27. The summed E-state index contributed by atoms with van der Waals surface area (Å²) in [6, 6.07) is 0. The lowest BCUT2D eigenvalue weighted by molar-refractivity contribution is 0.0888. The van der Waals surface area contributed by atoms with E-state index in [2.05, 4.69) is 4.72 Å². The van der Waals surface area contributed by atoms with Crippen LogP contribution in [0.25, 0.3) is 0 Å². The van der Waals surface area contributed by atoms with Gasteiger partial charge in [0.05, 0.1) is 11.0 Å². The van der Waals surface area contributed by atoms with Crippen molar-refractivity contribution in [2.24, 2.45) is 5.92 Å². The summed E-state index contributed by atoms with van der Waals surface area (Å²) in [7, 11) is -3.63. The number of nitrogens with one attached hydrogen (secondary N) is 1. The lowest BCUT2D eigenvalue weighted by atomic mass is 9.85. The fourth-order valence-corrected chi connectivity index (χ4v) is 5.47. The van der Waals surface area contributed by atoms with Gasteiger partial charge in [0.15, 0.2) is 0 Å². The first-order valence-corrected chi connectivity index (χ1v) is 10.4. The molecule has 0 amide bonds. The van der Waals surface area contributed by atoms with Crippen molar-refractivity contribution in [2.45, 2.75) is 77.7 Å². The summed E-state index contributed by atoms with van der Waals surface area (Å²) in [6.07, 6.45) is 4.85. The fourth-order valence-electron chi connectivity index (χ4n) is 3.82. The summed E-state index contributed by atoms with van der Waals surface area (Å²) in [4.78, 5) is 0.374. The van der Waals surface area contributed by atoms with Gasteiger partial charge in [-0.15, -0.1) is 0 Å². The van der Waals surface area contributed by atoms with Crippen molar-refractivity contribution < 1.29 is 13.5 Å². The van der Waals surface area contributed by atoms with Crippen LogP contribution in [0.4, 0.5) is 0 Å². The molecule has 0 heterocycles. The number of hydrogen-bond acceptors (Lipinski definition) is 3. The van der Waals surface area contributed by atoms with Crippen LogP contribution in [0.15, 0.2) is 4.90 Å². The highest BCUT2D eigenvalue weighted by Crippen LogP contribution is 2.30. The molecule has 0 saturated heterocycles. The van der Waals surface area contributed by atoms with Gasteiger partial charge >= 0.3 is 0 Å². The standard InChI is InChI=1S/C19H31NO3S/c1-12-13(2)15(4)19(16(5)14(12)3)24(22,23)20-11-18(21)17-9-7-6-8-10-17/h17-18,20-21H,6-11H2,1-5H3. The quantitative estimate of drug-likeness (QED) is 0.852. The van der Waals surface area contributed by atoms with Crippen LogP contribution >= 0.6 is 0 Å². The summed E-state index contributed by atoms with van der Waals surface area (Å²) in [5, 5.41) is 10.3. The first-order chi connectivity index (χ1) is 11.2. The molecule has 1 unspecified atom stereocenters. The highest BCUT2D eigenvalue weighted by atomic mass is 32.2. The number of sulfonamides is 1. The summed E-state index contributed by atoms with van der Waals surface area (Å²) in [5.74, 6) is 0.213. The fraction of sp³-hybridized carbons (Fsp3) is 0.684. The molecule has 0 aromatic heterocycles. The maximum atomic E-state index is 12.9. The van der Waals surface area contributed by atoms with Gasteiger partial charge in [0.25, 0.3) is 0 Å². The number of aliphatic hydroxyl groups is 1. The second-order valence-corrected chi connectivity index (χ2v) is 8.98. The number of hydrogen-bond donors (Lipinski definition) is 2. The molecule has 1 aliphatic rings. The maximum Gasteiger partial charge on any atom is 0.241 e. The van der Waals surface area contributed by atoms with Crippen LogP contribution in [-0.4, -0.2) is 26.2 Å². The van der Waals surface area contributed by atoms with Gasteiger partial charge in [-0.3, -0.25) is 0 Å². The summed E-state index contributed by atoms with van der Waals surface area (Å²) in [5.41, 5.74) is 4.79. The SMILES string of the molecule is Cc1c(C)c(C)c(S(=O)(=O)NCC(O)C2CCCCC2)c(C)c1C. The summed E-state index contributed by atoms with van der Waals surface area (Å²) in [6.45, 7) is 9.78. The largest absolute Gasteiger partial charge is 0.391 e. The molecule has 1 fully saturated rings. The molecule has 1 aromatic rings. The lowest BCUT2D eigenvalue weighted by Crippen LogP contribution is -2.37. The van der Waals surface area contributed by atoms with Crippen molar-refractivity contribution >= 4 is 10.0 Å². The van der Waals surface area contributed by atoms with Crippen molar-refractivity contribution in [1.82, 2.24) is 4.72 Å². The molecule has 2 N–H and O–H groups in total. The molecular weight excluding hydrogens is 322 g/mol. The molecule has 0 radical (unpaired) electrons. The van der Waals surface area contributed by atoms with Crippen LogP contribution < -0.4 is 4.72 Å². The zero-order valence-corrected chi connectivity index (χ0v) is 16.4. The molecule has 1 aliphatic carbocycles. The van der Waals surface area contributed by atoms with Gasteiger partial charge in [-0.25, -0.2) is 13.1 Å². The van der Waals surface area contributed by atoms with Crippen LogP contribution in [0.3, 0.4) is 0 Å². The van der Waals surface area contributed by atoms with Crippen LogP contribution in [0.2, 0.25) is 0 Å². The van der Waals surface area contributed by atoms with Crippen molar-refractivity contribution in [3.8, 4) is 0 Å². The van der Waals surface area contributed by atoms with Crippen LogP contribution in [-0.2, 0) is 10.0 Å². The predicted molar refractivity (Wildman–Crippen MR) is 97.9 cm³/mol. The van der Waals surface area contributed by atoms with Crippen molar-refractivity contribution in [3.05, 3.63) is 27.8 Å². The van der Waals surface area contributed by atoms with E-state index < -0.39 is 16.1 Å². The van der Waals surface area contributed by atoms with E-state index in [4.69, 9.17) is 0 Å². The van der Waals surface area contributed by atoms with Crippen LogP contribution in [0.5, 0.6) is 0 Å². The summed E-state index contributed by atoms with van der Waals surface area (Å²) >= 11 is 0. The van der Waals surface area contributed by atoms with Gasteiger partial charge in [0.2, 0.25) is 10.0 Å². The lowest BCUT2D eigenvalue weighted by Gasteiger charge is -2.27. The Hall–Kier alpha value is -0.910. The third-order valence-electron chi connectivity index (χ3n) is 5.88. The molecule has 5 heteroatoms. The first kappa shape index (κ1) is 19.4. The molecule has 136 valence electrons. The molecule has 0 spiro atoms. The van der Waals surface area contributed by atoms with Crippen molar-refractivity contribution in [3.63, 3.8) is 0 Å². The van der Waals surface area contributed by atoms with E-state index >= 15 is 0 Å². The van der Waals surface area contributed by atoms with Crippen LogP contribution in [0.1, 0.15) is 59.9 Å². The monoisotopic (exact) mass is 353 g/mol. The zero-order chi connectivity index (χ0) is 18.1. The summed E-state index contributed by atoms with van der Waals surface area (Å²) < 4.78 is 28.4. The molecule has 1 saturated carbocycles. The Morgan fingerprint density at radius 3 is 1.88 bits per heavy atom. The molecule has 0 bridgehead atoms. The van der Waals surface area contributed by atoms with Gasteiger partial charge in [0.1, 0.15) is 0 Å². The Bertz CT molecular complexity index is 675. The minimum absolute atomic E-state index is 0.0951. The first-order valence-electron chi connectivity index (χ1n) is 8.91. The number of aliphatic hydroxyl groups excluding tert-OH is 1. The number of benzene rings is 1. The third kappa shape index (κ3) is 3.84. The van der Waals surface area contributed by atoms with Crippen molar-refractivity contribution in [2.75, 3.05) is 6.54 Å². The molecule has 1 aromatic carbocycles. The van der Waals surface area contributed by atoms with E-state index in [1.54, 1.807) is 0 Å². The van der Waals surface area contributed by atoms with E-state index in [0.29, 0.717) is 4.90 Å². The van der Waals surface area contributed by atoms with E-state index in [0.717, 1.165) is 53.5 Å². The molecule has 4 nitrogen and oxygen atoms in total. The van der Waals surface area contributed by atoms with E-state index in [1.807, 2.05) is 34.6 Å². The van der Waals surface area contributed by atoms with E-state index in [9.17, 15) is 13.5 Å². The highest BCUT2D eigenvalue weighted by molar-refractivity contribution is 7.89. The Morgan fingerprint density at radius 1 is 0.917 bits per heavy atom. The Kier molecular flexibility index (Phi) is 6.10. The van der Waals surface area contributed by atoms with Gasteiger partial charge in [-0.05, 0) is 81.2 Å². The van der Waals surface area contributed by atoms with Gasteiger partial charge in [0, 0.05) is 6.54 Å². The van der Waals surface area contributed by atoms with Crippen LogP contribution in [0, 0.1) is 40.5 Å². The molecule has 24 heavy (non-hydrogen) atoms. The number of rotatable bonds is 5. The third-order valence-corrected chi connectivity index (χ3v) is 7.57. The maximum absolute atomic E-state index is 12.9. The van der Waals surface area contributed by atoms with Gasteiger partial charge in [-0.1, -0.05) is 19.3 Å². The van der Waals surface area contributed by atoms with Gasteiger partial charge in [-0.2, -0.15) is 0 Å². The minimum Gasteiger partial charge on any atom is -0.391 e. The van der Waals surface area contributed by atoms with Gasteiger partial charge < -0.3 is 5.11 Å². The smallest absolute Gasteiger partial charge is 0.241 e. The normalized spacial score (nSPS) is 17.9. The van der Waals surface area contributed by atoms with E-state index in [-0.39, 0.29) is 12.5 Å². The molecule has 0 aliphatic heterocycles. The molecule has 1 atom stereocenters. The molecule has 2 rings (SSSR count). The second kappa shape index (κ2) is 7.54. The Morgan fingerprint density at radius 2 is 1.38 bits per heavy atom. The Balaban J connectivity index is 2.22. The molecular formula is C19H31NO3S. The second-order valence-electron chi connectivity index (χ2n) is 7.27. The Labute approximate surface area is 146 Å². The minimum atomic E-state index is -3.63. The average Bonchev–Trinajstić information content (AvgIpc) is 2.57. The zero-order valence-electron chi connectivity index (χ0n) is 15.6.